The van der Waals surface area contributed by atoms with Crippen LogP contribution in [0.1, 0.15) is 60.0 Å². The van der Waals surface area contributed by atoms with Crippen molar-refractivity contribution in [2.24, 2.45) is 4.99 Å². The van der Waals surface area contributed by atoms with Crippen LogP contribution >= 0.6 is 35.3 Å². The van der Waals surface area contributed by atoms with Crippen LogP contribution in [0.4, 0.5) is 0 Å². The molecule has 0 bridgehead atoms. The second-order valence-electron chi connectivity index (χ2n) is 6.41. The molecular formula is C18H32IN5O2S. The highest BCUT2D eigenvalue weighted by molar-refractivity contribution is 14.0. The lowest BCUT2D eigenvalue weighted by Crippen LogP contribution is -2.42. The summed E-state index contributed by atoms with van der Waals surface area (Å²) >= 11 is 1.37. The molecule has 0 amide bonds. The first-order valence-electron chi connectivity index (χ1n) is 9.35. The first kappa shape index (κ1) is 24.1. The van der Waals surface area contributed by atoms with E-state index in [1.54, 1.807) is 14.0 Å². The number of rotatable bonds is 9. The number of thiazole rings is 1. The minimum absolute atomic E-state index is 0. The third kappa shape index (κ3) is 7.19. The average Bonchev–Trinajstić information content (AvgIpc) is 3.38. The maximum Gasteiger partial charge on any atom is 0.350 e. The largest absolute Gasteiger partial charge is 0.462 e. The van der Waals surface area contributed by atoms with Crippen LogP contribution in [0.15, 0.2) is 4.99 Å². The van der Waals surface area contributed by atoms with Crippen LogP contribution in [-0.4, -0.2) is 61.1 Å². The molecule has 154 valence electrons. The van der Waals surface area contributed by atoms with Crippen molar-refractivity contribution < 1.29 is 9.53 Å². The summed E-state index contributed by atoms with van der Waals surface area (Å²) in [6.45, 7) is 11.2. The molecule has 1 aliphatic carbocycles. The van der Waals surface area contributed by atoms with Crippen LogP contribution in [0, 0.1) is 6.92 Å². The summed E-state index contributed by atoms with van der Waals surface area (Å²) in [5.74, 6) is 0.443. The highest BCUT2D eigenvalue weighted by atomic mass is 127. The number of guanidine groups is 1. The van der Waals surface area contributed by atoms with Gasteiger partial charge in [0.2, 0.25) is 0 Å². The molecule has 0 saturated heterocycles. The summed E-state index contributed by atoms with van der Waals surface area (Å²) in [5.41, 5.74) is 0.711. The molecule has 27 heavy (non-hydrogen) atoms. The number of nitrogens with one attached hydrogen (secondary N) is 2. The third-order valence-electron chi connectivity index (χ3n) is 4.38. The second kappa shape index (κ2) is 11.8. The molecule has 0 aromatic carbocycles. The molecular weight excluding hydrogens is 477 g/mol. The number of carbonyl (C=O) groups is 1. The average molecular weight is 509 g/mol. The monoisotopic (exact) mass is 509 g/mol. The predicted octanol–water partition coefficient (Wildman–Crippen LogP) is 2.96. The van der Waals surface area contributed by atoms with Gasteiger partial charge in [-0.25, -0.2) is 9.78 Å². The van der Waals surface area contributed by atoms with E-state index < -0.39 is 0 Å². The lowest BCUT2D eigenvalue weighted by atomic mass is 10.3. The zero-order chi connectivity index (χ0) is 19.1. The Hall–Kier alpha value is -0.940. The molecule has 2 rings (SSSR count). The molecule has 0 spiro atoms. The van der Waals surface area contributed by atoms with Gasteiger partial charge in [0.15, 0.2) is 5.96 Å². The van der Waals surface area contributed by atoms with Crippen LogP contribution in [-0.2, 0) is 4.74 Å². The maximum absolute atomic E-state index is 12.0. The molecule has 1 heterocycles. The van der Waals surface area contributed by atoms with Gasteiger partial charge < -0.3 is 15.4 Å². The molecule has 1 aromatic rings. The van der Waals surface area contributed by atoms with Gasteiger partial charge in [0, 0.05) is 26.2 Å². The molecule has 7 nitrogen and oxygen atoms in total. The summed E-state index contributed by atoms with van der Waals surface area (Å²) < 4.78 is 5.08. The van der Waals surface area contributed by atoms with Gasteiger partial charge in [0.05, 0.1) is 18.3 Å². The van der Waals surface area contributed by atoms with E-state index in [4.69, 9.17) is 4.74 Å². The molecule has 1 saturated carbocycles. The number of carbonyl (C=O) groups excluding carboxylic acids is 1. The Kier molecular flexibility index (Phi) is 10.5. The number of aromatic nitrogens is 1. The van der Waals surface area contributed by atoms with E-state index in [-0.39, 0.29) is 36.0 Å². The molecule has 0 aliphatic heterocycles. The fourth-order valence-corrected chi connectivity index (χ4v) is 3.77. The summed E-state index contributed by atoms with van der Waals surface area (Å²) in [5, 5.41) is 7.56. The van der Waals surface area contributed by atoms with E-state index >= 15 is 0 Å². The number of aliphatic imine (C=N–C) groups is 1. The maximum atomic E-state index is 12.0. The minimum atomic E-state index is -0.303. The molecule has 1 atom stereocenters. The Morgan fingerprint density at radius 2 is 2.15 bits per heavy atom. The van der Waals surface area contributed by atoms with Gasteiger partial charge in [-0.05, 0) is 40.2 Å². The van der Waals surface area contributed by atoms with Crippen LogP contribution in [0.2, 0.25) is 0 Å². The van der Waals surface area contributed by atoms with Gasteiger partial charge >= 0.3 is 5.97 Å². The number of ether oxygens (including phenoxy) is 1. The zero-order valence-electron chi connectivity index (χ0n) is 16.9. The van der Waals surface area contributed by atoms with Crippen LogP contribution in [0.25, 0.3) is 0 Å². The molecule has 1 fully saturated rings. The van der Waals surface area contributed by atoms with Gasteiger partial charge in [-0.3, -0.25) is 9.89 Å². The van der Waals surface area contributed by atoms with Crippen molar-refractivity contribution >= 4 is 47.2 Å². The smallest absolute Gasteiger partial charge is 0.350 e. The number of halogens is 1. The van der Waals surface area contributed by atoms with E-state index in [1.807, 2.05) is 13.8 Å². The number of aryl methyl sites for hydroxylation is 1. The highest BCUT2D eigenvalue weighted by Gasteiger charge is 2.27. The van der Waals surface area contributed by atoms with E-state index in [1.165, 1.54) is 24.2 Å². The first-order chi connectivity index (χ1) is 12.5. The Bertz CT molecular complexity index is 633. The van der Waals surface area contributed by atoms with Crippen molar-refractivity contribution in [3.8, 4) is 0 Å². The lowest BCUT2D eigenvalue weighted by Gasteiger charge is -2.21. The van der Waals surface area contributed by atoms with Crippen molar-refractivity contribution in [1.29, 1.82) is 0 Å². The van der Waals surface area contributed by atoms with Crippen molar-refractivity contribution in [1.82, 2.24) is 20.5 Å². The molecule has 1 unspecified atom stereocenters. The summed E-state index contributed by atoms with van der Waals surface area (Å²) in [6, 6.07) is 0.731. The molecule has 1 aromatic heterocycles. The summed E-state index contributed by atoms with van der Waals surface area (Å²) in [7, 11) is 1.76. The van der Waals surface area contributed by atoms with Gasteiger partial charge in [0.25, 0.3) is 0 Å². The quantitative estimate of drug-likeness (QED) is 0.231. The van der Waals surface area contributed by atoms with Crippen molar-refractivity contribution in [2.45, 2.75) is 52.6 Å². The minimum Gasteiger partial charge on any atom is -0.462 e. The van der Waals surface area contributed by atoms with E-state index in [0.29, 0.717) is 17.2 Å². The van der Waals surface area contributed by atoms with Crippen LogP contribution < -0.4 is 10.6 Å². The summed E-state index contributed by atoms with van der Waals surface area (Å²) in [6.07, 6.45) is 2.65. The summed E-state index contributed by atoms with van der Waals surface area (Å²) in [4.78, 5) is 23.8. The van der Waals surface area contributed by atoms with Crippen molar-refractivity contribution in [2.75, 3.05) is 33.3 Å². The normalized spacial score (nSPS) is 15.3. The zero-order valence-corrected chi connectivity index (χ0v) is 20.0. The van der Waals surface area contributed by atoms with Gasteiger partial charge in [-0.2, -0.15) is 0 Å². The SMILES string of the molecule is CCOC(=O)c1sc(C(C)NC(=NC)NCCN(CC)C2CC2)nc1C.I. The molecule has 2 N–H and O–H groups in total. The number of hydrogen-bond donors (Lipinski definition) is 2. The molecule has 1 aliphatic rings. The molecule has 0 radical (unpaired) electrons. The fourth-order valence-electron chi connectivity index (χ4n) is 2.81. The Morgan fingerprint density at radius 3 is 2.70 bits per heavy atom. The Morgan fingerprint density at radius 1 is 1.44 bits per heavy atom. The number of hydrogen-bond acceptors (Lipinski definition) is 6. The third-order valence-corrected chi connectivity index (χ3v) is 5.70. The van der Waals surface area contributed by atoms with E-state index in [2.05, 4.69) is 32.4 Å². The number of nitrogens with zero attached hydrogens (tertiary/aromatic N) is 3. The topological polar surface area (TPSA) is 78.8 Å². The van der Waals surface area contributed by atoms with Crippen LogP contribution in [0.3, 0.4) is 0 Å². The second-order valence-corrected chi connectivity index (χ2v) is 7.44. The van der Waals surface area contributed by atoms with E-state index in [0.717, 1.165) is 36.6 Å². The molecule has 9 heteroatoms. The number of likely N-dealkylation sites (N-methyl/N-ethyl adjacent to an activating group) is 1. The standard InChI is InChI=1S/C18H31N5O2S.HI/c1-6-23(14-8-9-14)11-10-20-18(19-5)22-13(4)16-21-12(3)15(26-16)17(24)25-7-2;/h13-14H,6-11H2,1-5H3,(H2,19,20,22);1H. The van der Waals surface area contributed by atoms with Gasteiger partial charge in [0.1, 0.15) is 9.88 Å². The highest BCUT2D eigenvalue weighted by Crippen LogP contribution is 2.26. The fraction of sp³-hybridized carbons (Fsp3) is 0.722. The van der Waals surface area contributed by atoms with Crippen molar-refractivity contribution in [3.63, 3.8) is 0 Å². The first-order valence-corrected chi connectivity index (χ1v) is 10.2. The van der Waals surface area contributed by atoms with Crippen molar-refractivity contribution in [3.05, 3.63) is 15.6 Å². The van der Waals surface area contributed by atoms with Gasteiger partial charge in [-0.1, -0.05) is 6.92 Å². The lowest BCUT2D eigenvalue weighted by molar-refractivity contribution is 0.0531. The van der Waals surface area contributed by atoms with Gasteiger partial charge in [-0.15, -0.1) is 35.3 Å². The van der Waals surface area contributed by atoms with Crippen LogP contribution in [0.5, 0.6) is 0 Å². The predicted molar refractivity (Wildman–Crippen MR) is 121 cm³/mol. The number of esters is 1. The Labute approximate surface area is 183 Å². The Balaban J connectivity index is 0.00000364. The van der Waals surface area contributed by atoms with E-state index in [9.17, 15) is 4.79 Å².